The number of hydrogen-bond donors (Lipinski definition) is 1. The number of carbonyl (C=O) groups excluding carboxylic acids is 1. The quantitative estimate of drug-likeness (QED) is 0.658. The largest absolute Gasteiger partial charge is 0.484 e. The van der Waals surface area contributed by atoms with Gasteiger partial charge in [0, 0.05) is 24.7 Å². The van der Waals surface area contributed by atoms with Crippen LogP contribution in [-0.4, -0.2) is 59.2 Å². The van der Waals surface area contributed by atoms with Crippen LogP contribution in [0.25, 0.3) is 0 Å². The van der Waals surface area contributed by atoms with Gasteiger partial charge in [-0.3, -0.25) is 9.69 Å². The van der Waals surface area contributed by atoms with Gasteiger partial charge in [-0.05, 0) is 31.4 Å². The zero-order chi connectivity index (χ0) is 21.8. The van der Waals surface area contributed by atoms with Crippen molar-refractivity contribution < 1.29 is 27.1 Å². The van der Waals surface area contributed by atoms with Crippen LogP contribution in [0.5, 0.6) is 5.75 Å². The highest BCUT2D eigenvalue weighted by molar-refractivity contribution is 6.30. The summed E-state index contributed by atoms with van der Waals surface area (Å²) in [5, 5.41) is 11.2. The minimum absolute atomic E-state index is 0.00383. The molecule has 1 aliphatic heterocycles. The van der Waals surface area contributed by atoms with E-state index in [1.54, 1.807) is 4.90 Å². The molecule has 4 aliphatic rings. The number of rotatable bonds is 8. The lowest BCUT2D eigenvalue weighted by molar-refractivity contribution is -0.143. The molecule has 1 aromatic carbocycles. The lowest BCUT2D eigenvalue weighted by Crippen LogP contribution is -2.77. The molecule has 3 saturated carbocycles. The third kappa shape index (κ3) is 3.76. The zero-order valence-corrected chi connectivity index (χ0v) is 17.2. The summed E-state index contributed by atoms with van der Waals surface area (Å²) in [5.41, 5.74) is -0.518. The predicted octanol–water partition coefficient (Wildman–Crippen LogP) is 2.90. The molecule has 7 nitrogen and oxygen atoms in total. The Bertz CT molecular complexity index is 992. The molecule has 0 radical (unpaired) electrons. The maximum absolute atomic E-state index is 13.4. The molecule has 3 aliphatic carbocycles. The Morgan fingerprint density at radius 3 is 2.74 bits per heavy atom. The van der Waals surface area contributed by atoms with Gasteiger partial charge < -0.3 is 14.5 Å². The smallest absolute Gasteiger partial charge is 0.258 e. The van der Waals surface area contributed by atoms with Gasteiger partial charge in [-0.25, -0.2) is 13.2 Å². The molecule has 4 fully saturated rings. The van der Waals surface area contributed by atoms with Crippen molar-refractivity contribution >= 4 is 17.5 Å². The summed E-state index contributed by atoms with van der Waals surface area (Å²) < 4.78 is 49.4. The van der Waals surface area contributed by atoms with Gasteiger partial charge in [0.2, 0.25) is 11.8 Å². The molecule has 0 unspecified atom stereocenters. The van der Waals surface area contributed by atoms with Gasteiger partial charge in [-0.1, -0.05) is 11.6 Å². The zero-order valence-electron chi connectivity index (χ0n) is 16.4. The second kappa shape index (κ2) is 7.37. The fourth-order valence-corrected chi connectivity index (χ4v) is 5.00. The van der Waals surface area contributed by atoms with E-state index in [2.05, 4.69) is 15.5 Å². The van der Waals surface area contributed by atoms with E-state index < -0.39 is 12.2 Å². The van der Waals surface area contributed by atoms with Crippen LogP contribution in [0.1, 0.15) is 37.0 Å². The number of ether oxygens (including phenoxy) is 1. The summed E-state index contributed by atoms with van der Waals surface area (Å²) in [6.45, 7) is 0.532. The van der Waals surface area contributed by atoms with E-state index >= 15 is 0 Å². The van der Waals surface area contributed by atoms with Gasteiger partial charge in [-0.2, -0.15) is 0 Å². The van der Waals surface area contributed by atoms with E-state index in [0.29, 0.717) is 44.1 Å². The first kappa shape index (κ1) is 20.6. The molecule has 6 rings (SSSR count). The molecular formula is C20H20ClF3N4O3. The van der Waals surface area contributed by atoms with E-state index in [9.17, 15) is 18.0 Å². The number of hydrogen-bond acceptors (Lipinski definition) is 6. The lowest BCUT2D eigenvalue weighted by atomic mass is 9.39. The Labute approximate surface area is 180 Å². The van der Waals surface area contributed by atoms with Crippen LogP contribution in [0.3, 0.4) is 0 Å². The molecule has 0 spiro atoms. The Balaban J connectivity index is 1.09. The topological polar surface area (TPSA) is 80.5 Å². The molecule has 2 heterocycles. The van der Waals surface area contributed by atoms with E-state index in [4.69, 9.17) is 20.8 Å². The molecule has 1 saturated heterocycles. The summed E-state index contributed by atoms with van der Waals surface area (Å²) in [4.78, 5) is 13.9. The monoisotopic (exact) mass is 456 g/mol. The highest BCUT2D eigenvalue weighted by Crippen LogP contribution is 2.67. The number of amides is 1. The highest BCUT2D eigenvalue weighted by Gasteiger charge is 2.71. The van der Waals surface area contributed by atoms with Crippen LogP contribution in [-0.2, 0) is 10.2 Å². The fraction of sp³-hybridized carbons (Fsp3) is 0.550. The van der Waals surface area contributed by atoms with Crippen molar-refractivity contribution in [1.29, 1.82) is 0 Å². The van der Waals surface area contributed by atoms with E-state index in [1.165, 1.54) is 12.1 Å². The van der Waals surface area contributed by atoms with Crippen LogP contribution in [0.4, 0.5) is 13.2 Å². The van der Waals surface area contributed by atoms with Gasteiger partial charge in [-0.15, -0.1) is 10.2 Å². The van der Waals surface area contributed by atoms with Gasteiger partial charge in [0.05, 0.1) is 22.9 Å². The SMILES string of the molecule is O=C(COc1ccc(Cl)c(F)c1)NC12CC(c3nnc(C4CN(CC(F)F)C4)o3)(C1)C2. The normalized spacial score (nSPS) is 27.4. The summed E-state index contributed by atoms with van der Waals surface area (Å²) in [6.07, 6.45) is -0.245. The Hall–Kier alpha value is -2.33. The average molecular weight is 457 g/mol. The molecule has 2 bridgehead atoms. The van der Waals surface area contributed by atoms with Crippen LogP contribution < -0.4 is 10.1 Å². The minimum Gasteiger partial charge on any atom is -0.484 e. The minimum atomic E-state index is -2.34. The summed E-state index contributed by atoms with van der Waals surface area (Å²) in [5.74, 6) is 0.376. The van der Waals surface area contributed by atoms with Gasteiger partial charge in [0.15, 0.2) is 6.61 Å². The molecule has 1 N–H and O–H groups in total. The van der Waals surface area contributed by atoms with Crippen LogP contribution in [0, 0.1) is 5.82 Å². The van der Waals surface area contributed by atoms with E-state index in [0.717, 1.165) is 6.07 Å². The first-order chi connectivity index (χ1) is 14.8. The first-order valence-corrected chi connectivity index (χ1v) is 10.4. The lowest BCUT2D eigenvalue weighted by Gasteiger charge is -2.68. The van der Waals surface area contributed by atoms with E-state index in [1.807, 2.05) is 0 Å². The van der Waals surface area contributed by atoms with Crippen molar-refractivity contribution in [1.82, 2.24) is 20.4 Å². The molecule has 0 atom stereocenters. The van der Waals surface area contributed by atoms with Crippen molar-refractivity contribution in [2.45, 2.75) is 42.6 Å². The molecule has 31 heavy (non-hydrogen) atoms. The Kier molecular flexibility index (Phi) is 4.89. The number of alkyl halides is 2. The second-order valence-electron chi connectivity index (χ2n) is 8.76. The number of benzene rings is 1. The number of likely N-dealkylation sites (tertiary alicyclic amines) is 1. The molecule has 2 aromatic rings. The van der Waals surface area contributed by atoms with Crippen molar-refractivity contribution in [2.75, 3.05) is 26.2 Å². The third-order valence-electron chi connectivity index (χ3n) is 6.29. The van der Waals surface area contributed by atoms with Crippen LogP contribution >= 0.6 is 11.6 Å². The van der Waals surface area contributed by atoms with Crippen LogP contribution in [0.15, 0.2) is 22.6 Å². The van der Waals surface area contributed by atoms with Crippen LogP contribution in [0.2, 0.25) is 5.02 Å². The molecular weight excluding hydrogens is 437 g/mol. The number of halogens is 4. The summed E-state index contributed by atoms with van der Waals surface area (Å²) in [6, 6.07) is 4.00. The third-order valence-corrected chi connectivity index (χ3v) is 6.60. The number of aromatic nitrogens is 2. The summed E-state index contributed by atoms with van der Waals surface area (Å²) in [7, 11) is 0. The Morgan fingerprint density at radius 1 is 1.32 bits per heavy atom. The second-order valence-corrected chi connectivity index (χ2v) is 9.16. The van der Waals surface area contributed by atoms with Crippen molar-refractivity contribution in [2.24, 2.45) is 0 Å². The molecule has 1 aromatic heterocycles. The predicted molar refractivity (Wildman–Crippen MR) is 103 cm³/mol. The fourth-order valence-electron chi connectivity index (χ4n) is 4.88. The highest BCUT2D eigenvalue weighted by atomic mass is 35.5. The number of nitrogens with one attached hydrogen (secondary N) is 1. The molecule has 1 amide bonds. The maximum Gasteiger partial charge on any atom is 0.258 e. The standard InChI is InChI=1S/C20H20ClF3N4O3/c21-13-2-1-12(3-14(13)22)30-7-16(29)25-20-8-19(9-20,10-20)18-27-26-17(31-18)11-4-28(5-11)6-15(23)24/h1-3,11,15H,4-10H2,(H,25,29). The van der Waals surface area contributed by atoms with Gasteiger partial charge in [0.1, 0.15) is 11.6 Å². The molecule has 166 valence electrons. The van der Waals surface area contributed by atoms with Crippen molar-refractivity contribution in [3.63, 3.8) is 0 Å². The average Bonchev–Trinajstić information content (AvgIpc) is 3.09. The number of carbonyl (C=O) groups is 1. The molecule has 11 heteroatoms. The van der Waals surface area contributed by atoms with Gasteiger partial charge >= 0.3 is 0 Å². The van der Waals surface area contributed by atoms with E-state index in [-0.39, 0.29) is 46.7 Å². The van der Waals surface area contributed by atoms with Crippen molar-refractivity contribution in [3.05, 3.63) is 40.8 Å². The summed E-state index contributed by atoms with van der Waals surface area (Å²) >= 11 is 5.62. The van der Waals surface area contributed by atoms with Gasteiger partial charge in [0.25, 0.3) is 12.3 Å². The van der Waals surface area contributed by atoms with Crippen molar-refractivity contribution in [3.8, 4) is 5.75 Å². The Morgan fingerprint density at radius 2 is 2.06 bits per heavy atom. The first-order valence-electron chi connectivity index (χ1n) is 9.99. The maximum atomic E-state index is 13.4. The number of nitrogens with zero attached hydrogens (tertiary/aromatic N) is 3.